The maximum Gasteiger partial charge on any atom is 0.309 e. The summed E-state index contributed by atoms with van der Waals surface area (Å²) in [5.74, 6) is -0.652. The smallest absolute Gasteiger partial charge is 0.309 e. The summed E-state index contributed by atoms with van der Waals surface area (Å²) in [6, 6.07) is 0. The van der Waals surface area contributed by atoms with Gasteiger partial charge in [-0.1, -0.05) is 64.7 Å². The van der Waals surface area contributed by atoms with Crippen molar-refractivity contribution in [1.82, 2.24) is 0 Å². The molecule has 0 aromatic heterocycles. The largest absolute Gasteiger partial charge is 0.434 e. The van der Waals surface area contributed by atoms with Crippen LogP contribution in [0.15, 0.2) is 0 Å². The second kappa shape index (κ2) is 11.0. The number of rotatable bonds is 13. The van der Waals surface area contributed by atoms with Gasteiger partial charge in [0.25, 0.3) is 10.1 Å². The summed E-state index contributed by atoms with van der Waals surface area (Å²) in [6.45, 7) is 2.55. The molecule has 2 atom stereocenters. The Bertz CT molecular complexity index is 434. The fourth-order valence-electron chi connectivity index (χ4n) is 2.69. The molecule has 0 aliphatic carbocycles. The average Bonchev–Trinajstić information content (AvgIpc) is 2.86. The van der Waals surface area contributed by atoms with Gasteiger partial charge >= 0.3 is 5.97 Å². The van der Waals surface area contributed by atoms with Gasteiger partial charge in [0, 0.05) is 0 Å². The summed E-state index contributed by atoms with van der Waals surface area (Å²) in [4.78, 5) is 11.1. The van der Waals surface area contributed by atoms with Crippen molar-refractivity contribution in [1.29, 1.82) is 0 Å². The number of cyclic esters (lactones) is 1. The number of carbonyl (C=O) groups excluding carboxylic acids is 1. The third-order valence-corrected chi connectivity index (χ3v) is 5.24. The standard InChI is InChI=1S/C16H30O6S/c1-2-3-4-5-6-7-8-9-10-11-12-21-16-14(23(18,19)20)13-15(17)22-16/h14,16H,2-13H2,1H3,(H,18,19,20). The highest BCUT2D eigenvalue weighted by Gasteiger charge is 2.43. The number of esters is 1. The van der Waals surface area contributed by atoms with Gasteiger partial charge in [-0.15, -0.1) is 0 Å². The first-order valence-corrected chi connectivity index (χ1v) is 10.2. The minimum atomic E-state index is -4.32. The van der Waals surface area contributed by atoms with Crippen molar-refractivity contribution in [3.05, 3.63) is 0 Å². The molecule has 7 heteroatoms. The van der Waals surface area contributed by atoms with Gasteiger partial charge < -0.3 is 9.47 Å². The van der Waals surface area contributed by atoms with E-state index in [9.17, 15) is 13.2 Å². The molecule has 2 unspecified atom stereocenters. The summed E-state index contributed by atoms with van der Waals surface area (Å²) in [7, 11) is -4.32. The number of unbranched alkanes of at least 4 members (excludes halogenated alkanes) is 9. The highest BCUT2D eigenvalue weighted by atomic mass is 32.2. The molecule has 0 bridgehead atoms. The molecule has 6 nitrogen and oxygen atoms in total. The third kappa shape index (κ3) is 8.67. The Morgan fingerprint density at radius 2 is 1.57 bits per heavy atom. The van der Waals surface area contributed by atoms with Crippen LogP contribution in [-0.4, -0.2) is 37.1 Å². The second-order valence-electron chi connectivity index (χ2n) is 6.17. The molecule has 0 spiro atoms. The van der Waals surface area contributed by atoms with Crippen LogP contribution in [0.2, 0.25) is 0 Å². The van der Waals surface area contributed by atoms with Crippen LogP contribution in [0.1, 0.15) is 77.6 Å². The van der Waals surface area contributed by atoms with Gasteiger partial charge in [-0.25, -0.2) is 0 Å². The summed E-state index contributed by atoms with van der Waals surface area (Å²) >= 11 is 0. The van der Waals surface area contributed by atoms with Crippen LogP contribution in [-0.2, 0) is 24.4 Å². The molecule has 0 saturated carbocycles. The van der Waals surface area contributed by atoms with E-state index in [2.05, 4.69) is 6.92 Å². The molecule has 23 heavy (non-hydrogen) atoms. The minimum Gasteiger partial charge on any atom is -0.434 e. The fraction of sp³-hybridized carbons (Fsp3) is 0.938. The molecular weight excluding hydrogens is 320 g/mol. The van der Waals surface area contributed by atoms with Gasteiger partial charge in [-0.3, -0.25) is 9.35 Å². The van der Waals surface area contributed by atoms with Gasteiger partial charge in [-0.2, -0.15) is 8.42 Å². The molecule has 0 aromatic rings. The highest BCUT2D eigenvalue weighted by molar-refractivity contribution is 7.86. The van der Waals surface area contributed by atoms with Crippen LogP contribution < -0.4 is 0 Å². The predicted molar refractivity (Wildman–Crippen MR) is 87.6 cm³/mol. The summed E-state index contributed by atoms with van der Waals surface area (Å²) in [5.41, 5.74) is 0. The first-order chi connectivity index (χ1) is 10.9. The van der Waals surface area contributed by atoms with Crippen LogP contribution in [0.25, 0.3) is 0 Å². The Morgan fingerprint density at radius 3 is 2.09 bits per heavy atom. The molecule has 1 fully saturated rings. The van der Waals surface area contributed by atoms with Crippen molar-refractivity contribution >= 4 is 16.1 Å². The molecule has 136 valence electrons. The fourth-order valence-corrected chi connectivity index (χ4v) is 3.45. The van der Waals surface area contributed by atoms with Crippen molar-refractivity contribution in [2.24, 2.45) is 0 Å². The molecule has 0 aromatic carbocycles. The zero-order chi connectivity index (χ0) is 17.1. The monoisotopic (exact) mass is 350 g/mol. The quantitative estimate of drug-likeness (QED) is 0.311. The normalized spacial score (nSPS) is 21.6. The van der Waals surface area contributed by atoms with E-state index >= 15 is 0 Å². The van der Waals surface area contributed by atoms with Crippen LogP contribution >= 0.6 is 0 Å². The average molecular weight is 350 g/mol. The molecule has 1 aliphatic rings. The zero-order valence-electron chi connectivity index (χ0n) is 14.0. The van der Waals surface area contributed by atoms with E-state index < -0.39 is 27.6 Å². The van der Waals surface area contributed by atoms with Crippen molar-refractivity contribution in [2.45, 2.75) is 89.1 Å². The maximum absolute atomic E-state index is 11.1. The van der Waals surface area contributed by atoms with Crippen molar-refractivity contribution in [3.63, 3.8) is 0 Å². The molecule has 1 rings (SSSR count). The molecule has 1 heterocycles. The summed E-state index contributed by atoms with van der Waals surface area (Å²) < 4.78 is 41.4. The summed E-state index contributed by atoms with van der Waals surface area (Å²) in [6.07, 6.45) is 10.4. The molecule has 0 radical (unpaired) electrons. The maximum atomic E-state index is 11.1. The van der Waals surface area contributed by atoms with Gasteiger partial charge in [0.2, 0.25) is 6.29 Å². The van der Waals surface area contributed by atoms with E-state index in [1.807, 2.05) is 0 Å². The molecule has 0 amide bonds. The SMILES string of the molecule is CCCCCCCCCCCCOC1OC(=O)CC1S(=O)(=O)O. The third-order valence-electron chi connectivity index (χ3n) is 4.08. The van der Waals surface area contributed by atoms with Crippen molar-refractivity contribution in [3.8, 4) is 0 Å². The molecule has 1 saturated heterocycles. The first kappa shape index (κ1) is 20.4. The second-order valence-corrected chi connectivity index (χ2v) is 7.80. The van der Waals surface area contributed by atoms with E-state index in [4.69, 9.17) is 14.0 Å². The lowest BCUT2D eigenvalue weighted by molar-refractivity contribution is -0.162. The van der Waals surface area contributed by atoms with Gasteiger partial charge in [-0.05, 0) is 6.42 Å². The number of ether oxygens (including phenoxy) is 2. The Hall–Kier alpha value is -0.660. The molecule has 1 aliphatic heterocycles. The predicted octanol–water partition coefficient (Wildman–Crippen LogP) is 3.45. The van der Waals surface area contributed by atoms with Crippen LogP contribution in [0, 0.1) is 0 Å². The van der Waals surface area contributed by atoms with Crippen LogP contribution in [0.4, 0.5) is 0 Å². The lowest BCUT2D eigenvalue weighted by Crippen LogP contribution is -2.32. The lowest BCUT2D eigenvalue weighted by atomic mass is 10.1. The Balaban J connectivity index is 2.01. The van der Waals surface area contributed by atoms with E-state index in [0.29, 0.717) is 6.61 Å². The van der Waals surface area contributed by atoms with E-state index in [1.165, 1.54) is 44.9 Å². The van der Waals surface area contributed by atoms with Crippen molar-refractivity contribution in [2.75, 3.05) is 6.61 Å². The van der Waals surface area contributed by atoms with E-state index in [1.54, 1.807) is 0 Å². The zero-order valence-corrected chi connectivity index (χ0v) is 14.9. The lowest BCUT2D eigenvalue weighted by Gasteiger charge is -2.15. The molecule has 1 N–H and O–H groups in total. The Kier molecular flexibility index (Phi) is 9.74. The highest BCUT2D eigenvalue weighted by Crippen LogP contribution is 2.23. The topological polar surface area (TPSA) is 89.9 Å². The minimum absolute atomic E-state index is 0.334. The first-order valence-electron chi connectivity index (χ1n) is 8.72. The van der Waals surface area contributed by atoms with E-state index in [0.717, 1.165) is 19.3 Å². The molecular formula is C16H30O6S. The number of hydrogen-bond donors (Lipinski definition) is 1. The van der Waals surface area contributed by atoms with E-state index in [-0.39, 0.29) is 6.42 Å². The van der Waals surface area contributed by atoms with Gasteiger partial charge in [0.15, 0.2) is 5.25 Å². The van der Waals surface area contributed by atoms with Crippen LogP contribution in [0.5, 0.6) is 0 Å². The van der Waals surface area contributed by atoms with Crippen LogP contribution in [0.3, 0.4) is 0 Å². The number of hydrogen-bond acceptors (Lipinski definition) is 5. The number of carbonyl (C=O) groups is 1. The Morgan fingerprint density at radius 1 is 1.04 bits per heavy atom. The van der Waals surface area contributed by atoms with Gasteiger partial charge in [0.1, 0.15) is 0 Å². The van der Waals surface area contributed by atoms with Gasteiger partial charge in [0.05, 0.1) is 13.0 Å². The Labute approximate surface area is 139 Å². The summed E-state index contributed by atoms with van der Waals surface area (Å²) in [5, 5.41) is -1.29. The van der Waals surface area contributed by atoms with Crippen molar-refractivity contribution < 1.29 is 27.2 Å².